The standard InChI is InChI=1S/C16H29NO/c1-3-7-17-16(14-6-8-18-11(14)2)15-10-12-4-5-13(15)9-12/h11-17H,3-10H2,1-2H3. The van der Waals surface area contributed by atoms with Gasteiger partial charge in [-0.15, -0.1) is 0 Å². The zero-order valence-corrected chi connectivity index (χ0v) is 12.0. The second-order valence-corrected chi connectivity index (χ2v) is 6.85. The van der Waals surface area contributed by atoms with Crippen LogP contribution in [0.3, 0.4) is 0 Å². The van der Waals surface area contributed by atoms with Crippen LogP contribution in [-0.2, 0) is 4.74 Å². The normalized spacial score (nSPS) is 44.7. The number of ether oxygens (including phenoxy) is 1. The molecule has 2 saturated carbocycles. The lowest BCUT2D eigenvalue weighted by Gasteiger charge is -2.36. The number of fused-ring (bicyclic) bond motifs is 2. The van der Waals surface area contributed by atoms with Crippen LogP contribution in [0.5, 0.6) is 0 Å². The van der Waals surface area contributed by atoms with E-state index >= 15 is 0 Å². The van der Waals surface area contributed by atoms with Crippen LogP contribution in [0.2, 0.25) is 0 Å². The smallest absolute Gasteiger partial charge is 0.0590 e. The molecule has 0 radical (unpaired) electrons. The van der Waals surface area contributed by atoms with Gasteiger partial charge in [0.1, 0.15) is 0 Å². The van der Waals surface area contributed by atoms with E-state index in [0.29, 0.717) is 6.10 Å². The third-order valence-corrected chi connectivity index (χ3v) is 5.78. The predicted molar refractivity (Wildman–Crippen MR) is 74.5 cm³/mol. The summed E-state index contributed by atoms with van der Waals surface area (Å²) in [5.41, 5.74) is 0. The Morgan fingerprint density at radius 2 is 2.06 bits per heavy atom. The molecule has 2 nitrogen and oxygen atoms in total. The molecule has 3 fully saturated rings. The lowest BCUT2D eigenvalue weighted by atomic mass is 9.76. The molecule has 1 heterocycles. The summed E-state index contributed by atoms with van der Waals surface area (Å²) in [6.45, 7) is 6.73. The molecule has 1 saturated heterocycles. The first-order valence-corrected chi connectivity index (χ1v) is 8.14. The van der Waals surface area contributed by atoms with Crippen molar-refractivity contribution in [1.82, 2.24) is 5.32 Å². The molecule has 0 aromatic carbocycles. The molecule has 18 heavy (non-hydrogen) atoms. The van der Waals surface area contributed by atoms with Gasteiger partial charge >= 0.3 is 0 Å². The van der Waals surface area contributed by atoms with Gasteiger partial charge in [-0.25, -0.2) is 0 Å². The van der Waals surface area contributed by atoms with Crippen molar-refractivity contribution in [3.8, 4) is 0 Å². The fraction of sp³-hybridized carbons (Fsp3) is 1.00. The number of rotatable bonds is 5. The molecule has 6 unspecified atom stereocenters. The first-order valence-electron chi connectivity index (χ1n) is 8.14. The minimum Gasteiger partial charge on any atom is -0.378 e. The van der Waals surface area contributed by atoms with Crippen LogP contribution in [-0.4, -0.2) is 25.3 Å². The van der Waals surface area contributed by atoms with Crippen molar-refractivity contribution in [2.24, 2.45) is 23.7 Å². The summed E-state index contributed by atoms with van der Waals surface area (Å²) in [6.07, 6.45) is 9.03. The average molecular weight is 251 g/mol. The predicted octanol–water partition coefficient (Wildman–Crippen LogP) is 3.22. The maximum atomic E-state index is 5.83. The SMILES string of the molecule is CCCNC(C1CC2CCC1C2)C1CCOC1C. The van der Waals surface area contributed by atoms with Crippen LogP contribution in [0.1, 0.15) is 52.4 Å². The van der Waals surface area contributed by atoms with E-state index in [1.165, 1.54) is 45.1 Å². The molecule has 2 aliphatic carbocycles. The van der Waals surface area contributed by atoms with Crippen molar-refractivity contribution < 1.29 is 4.74 Å². The second kappa shape index (κ2) is 5.50. The van der Waals surface area contributed by atoms with Gasteiger partial charge < -0.3 is 10.1 Å². The molecule has 0 amide bonds. The average Bonchev–Trinajstić information content (AvgIpc) is 3.07. The van der Waals surface area contributed by atoms with Crippen molar-refractivity contribution in [3.63, 3.8) is 0 Å². The highest BCUT2D eigenvalue weighted by molar-refractivity contribution is 4.99. The molecule has 6 atom stereocenters. The molecule has 0 spiro atoms. The Balaban J connectivity index is 1.69. The Morgan fingerprint density at radius 3 is 2.61 bits per heavy atom. The van der Waals surface area contributed by atoms with E-state index in [2.05, 4.69) is 19.2 Å². The van der Waals surface area contributed by atoms with Gasteiger partial charge in [0.15, 0.2) is 0 Å². The van der Waals surface area contributed by atoms with Gasteiger partial charge in [0.05, 0.1) is 6.10 Å². The van der Waals surface area contributed by atoms with Gasteiger partial charge in [-0.3, -0.25) is 0 Å². The summed E-state index contributed by atoms with van der Waals surface area (Å²) in [5, 5.41) is 3.89. The molecule has 3 aliphatic rings. The lowest BCUT2D eigenvalue weighted by Crippen LogP contribution is -2.46. The van der Waals surface area contributed by atoms with Crippen LogP contribution in [0.15, 0.2) is 0 Å². The fourth-order valence-electron chi connectivity index (χ4n) is 4.88. The summed E-state index contributed by atoms with van der Waals surface area (Å²) >= 11 is 0. The minimum absolute atomic E-state index is 0.471. The lowest BCUT2D eigenvalue weighted by molar-refractivity contribution is 0.0786. The maximum Gasteiger partial charge on any atom is 0.0590 e. The third kappa shape index (κ3) is 2.34. The number of nitrogens with one attached hydrogen (secondary N) is 1. The Hall–Kier alpha value is -0.0800. The molecular weight excluding hydrogens is 222 g/mol. The van der Waals surface area contributed by atoms with Crippen molar-refractivity contribution >= 4 is 0 Å². The van der Waals surface area contributed by atoms with Crippen LogP contribution < -0.4 is 5.32 Å². The van der Waals surface area contributed by atoms with Gasteiger partial charge in [0, 0.05) is 18.6 Å². The quantitative estimate of drug-likeness (QED) is 0.810. The molecule has 104 valence electrons. The van der Waals surface area contributed by atoms with Gasteiger partial charge in [-0.05, 0) is 63.3 Å². The second-order valence-electron chi connectivity index (χ2n) is 6.85. The largest absolute Gasteiger partial charge is 0.378 e. The van der Waals surface area contributed by atoms with Gasteiger partial charge in [-0.2, -0.15) is 0 Å². The fourth-order valence-corrected chi connectivity index (χ4v) is 4.88. The molecule has 0 aromatic rings. The Kier molecular flexibility index (Phi) is 3.95. The molecule has 2 heteroatoms. The van der Waals surface area contributed by atoms with Crippen LogP contribution in [0.4, 0.5) is 0 Å². The van der Waals surface area contributed by atoms with E-state index in [9.17, 15) is 0 Å². The van der Waals surface area contributed by atoms with E-state index in [-0.39, 0.29) is 0 Å². The highest BCUT2D eigenvalue weighted by atomic mass is 16.5. The summed E-state index contributed by atoms with van der Waals surface area (Å²) in [6, 6.07) is 0.734. The molecule has 3 rings (SSSR count). The molecule has 1 N–H and O–H groups in total. The summed E-state index contributed by atoms with van der Waals surface area (Å²) in [7, 11) is 0. The van der Waals surface area contributed by atoms with Crippen molar-refractivity contribution in [2.75, 3.05) is 13.2 Å². The van der Waals surface area contributed by atoms with Crippen molar-refractivity contribution in [1.29, 1.82) is 0 Å². The first kappa shape index (κ1) is 12.9. The summed E-state index contributed by atoms with van der Waals surface area (Å²) in [4.78, 5) is 0. The highest BCUT2D eigenvalue weighted by Crippen LogP contribution is 2.51. The monoisotopic (exact) mass is 251 g/mol. The van der Waals surface area contributed by atoms with E-state index < -0.39 is 0 Å². The number of hydrogen-bond donors (Lipinski definition) is 1. The zero-order valence-electron chi connectivity index (χ0n) is 12.0. The third-order valence-electron chi connectivity index (χ3n) is 5.78. The van der Waals surface area contributed by atoms with E-state index in [4.69, 9.17) is 4.74 Å². The van der Waals surface area contributed by atoms with Gasteiger partial charge in [0.2, 0.25) is 0 Å². The first-order chi connectivity index (χ1) is 8.79. The molecule has 0 aromatic heterocycles. The Labute approximate surface area is 112 Å². The van der Waals surface area contributed by atoms with Gasteiger partial charge in [-0.1, -0.05) is 13.3 Å². The van der Waals surface area contributed by atoms with E-state index in [0.717, 1.165) is 36.3 Å². The van der Waals surface area contributed by atoms with Crippen LogP contribution in [0, 0.1) is 23.7 Å². The molecule has 2 bridgehead atoms. The number of hydrogen-bond acceptors (Lipinski definition) is 2. The van der Waals surface area contributed by atoms with E-state index in [1.807, 2.05) is 0 Å². The van der Waals surface area contributed by atoms with Gasteiger partial charge in [0.25, 0.3) is 0 Å². The minimum atomic E-state index is 0.471. The van der Waals surface area contributed by atoms with Crippen molar-refractivity contribution in [3.05, 3.63) is 0 Å². The summed E-state index contributed by atoms with van der Waals surface area (Å²) in [5.74, 6) is 3.80. The van der Waals surface area contributed by atoms with E-state index in [1.54, 1.807) is 0 Å². The van der Waals surface area contributed by atoms with Crippen LogP contribution >= 0.6 is 0 Å². The highest BCUT2D eigenvalue weighted by Gasteiger charge is 2.46. The topological polar surface area (TPSA) is 21.3 Å². The maximum absolute atomic E-state index is 5.83. The Morgan fingerprint density at radius 1 is 1.17 bits per heavy atom. The van der Waals surface area contributed by atoms with Crippen LogP contribution in [0.25, 0.3) is 0 Å². The molecular formula is C16H29NO. The zero-order chi connectivity index (χ0) is 12.5. The van der Waals surface area contributed by atoms with Crippen molar-refractivity contribution in [2.45, 2.75) is 64.5 Å². The Bertz CT molecular complexity index is 280. The summed E-state index contributed by atoms with van der Waals surface area (Å²) < 4.78 is 5.83. The molecule has 1 aliphatic heterocycles.